The molecule has 2 saturated heterocycles. The summed E-state index contributed by atoms with van der Waals surface area (Å²) < 4.78 is 38.7. The van der Waals surface area contributed by atoms with Crippen molar-refractivity contribution in [1.29, 1.82) is 0 Å². The lowest BCUT2D eigenvalue weighted by Gasteiger charge is -2.27. The molecule has 2 aliphatic heterocycles. The van der Waals surface area contributed by atoms with Crippen LogP contribution < -0.4 is 15.5 Å². The molecule has 1 unspecified atom stereocenters. The number of fused-ring (bicyclic) bond motifs is 1. The minimum atomic E-state index is -4.54. The van der Waals surface area contributed by atoms with Gasteiger partial charge in [0.25, 0.3) is 5.91 Å². The van der Waals surface area contributed by atoms with Gasteiger partial charge < -0.3 is 15.5 Å². The first-order valence-electron chi connectivity index (χ1n) is 13.4. The summed E-state index contributed by atoms with van der Waals surface area (Å²) in [7, 11) is 0. The first-order valence-corrected chi connectivity index (χ1v) is 13.4. The van der Waals surface area contributed by atoms with Gasteiger partial charge in [0.1, 0.15) is 5.82 Å². The lowest BCUT2D eigenvalue weighted by atomic mass is 10.1. The fraction of sp³-hybridized carbons (Fsp3) is 0.414. The number of anilines is 1. The standard InChI is InChI=1S/C29H32F3N5O2/c30-29(31,32)22-7-3-6-21(17-22)28(39)33-18-27(38)34-23-12-15-37(19-23)24-8-4-14-36(16-13-24)26-11-10-20-5-1-2-9-25(20)35-26/h1-3,5-7,9-11,17,23-24H,4,8,12-16,18-19H2,(H,33,39)(H,34,38)/t23?,24-/m0/s1. The minimum absolute atomic E-state index is 0.0236. The molecular weight excluding hydrogens is 507 g/mol. The van der Waals surface area contributed by atoms with Crippen LogP contribution in [0, 0.1) is 0 Å². The second-order valence-corrected chi connectivity index (χ2v) is 10.2. The van der Waals surface area contributed by atoms with E-state index in [-0.39, 0.29) is 24.1 Å². The van der Waals surface area contributed by atoms with E-state index in [4.69, 9.17) is 4.98 Å². The molecule has 1 aromatic heterocycles. The number of carbonyl (C=O) groups is 2. The van der Waals surface area contributed by atoms with E-state index in [1.54, 1.807) is 0 Å². The van der Waals surface area contributed by atoms with Crippen LogP contribution >= 0.6 is 0 Å². The van der Waals surface area contributed by atoms with Crippen LogP contribution in [0.1, 0.15) is 41.6 Å². The molecule has 2 atom stereocenters. The number of benzene rings is 2. The molecule has 2 amide bonds. The number of nitrogens with one attached hydrogen (secondary N) is 2. The first-order chi connectivity index (χ1) is 18.8. The van der Waals surface area contributed by atoms with E-state index in [2.05, 4.69) is 38.6 Å². The third-order valence-electron chi connectivity index (χ3n) is 7.57. The largest absolute Gasteiger partial charge is 0.416 e. The number of alkyl halides is 3. The molecule has 0 spiro atoms. The van der Waals surface area contributed by atoms with Gasteiger partial charge in [0.15, 0.2) is 0 Å². The molecule has 0 aliphatic carbocycles. The number of amides is 2. The summed E-state index contributed by atoms with van der Waals surface area (Å²) >= 11 is 0. The normalized spacial score (nSPS) is 20.5. The number of nitrogens with zero attached hydrogens (tertiary/aromatic N) is 3. The Labute approximate surface area is 225 Å². The highest BCUT2D eigenvalue weighted by Gasteiger charge is 2.32. The number of para-hydroxylation sites is 1. The van der Waals surface area contributed by atoms with Gasteiger partial charge >= 0.3 is 6.18 Å². The molecule has 5 rings (SSSR count). The summed E-state index contributed by atoms with van der Waals surface area (Å²) in [5, 5.41) is 6.52. The molecule has 0 saturated carbocycles. The summed E-state index contributed by atoms with van der Waals surface area (Å²) in [6.45, 7) is 3.22. The van der Waals surface area contributed by atoms with Crippen molar-refractivity contribution in [2.45, 2.75) is 43.9 Å². The number of pyridine rings is 1. The van der Waals surface area contributed by atoms with E-state index >= 15 is 0 Å². The monoisotopic (exact) mass is 539 g/mol. The third-order valence-corrected chi connectivity index (χ3v) is 7.57. The lowest BCUT2D eigenvalue weighted by molar-refractivity contribution is -0.137. The van der Waals surface area contributed by atoms with E-state index in [9.17, 15) is 22.8 Å². The molecule has 3 aromatic rings. The highest BCUT2D eigenvalue weighted by Crippen LogP contribution is 2.29. The van der Waals surface area contributed by atoms with Crippen LogP contribution in [-0.4, -0.2) is 66.5 Å². The van der Waals surface area contributed by atoms with Crippen LogP contribution in [0.15, 0.2) is 60.7 Å². The first kappa shape index (κ1) is 26.9. The zero-order chi connectivity index (χ0) is 27.4. The second kappa shape index (κ2) is 11.6. The summed E-state index contributed by atoms with van der Waals surface area (Å²) in [4.78, 5) is 34.4. The van der Waals surface area contributed by atoms with Crippen LogP contribution in [0.3, 0.4) is 0 Å². The molecule has 0 bridgehead atoms. The SMILES string of the molecule is O=C(CNC(=O)c1cccc(C(F)(F)F)c1)NC1CCN([C@H]2CCCN(c3ccc4ccccc4n3)CC2)C1. The Hall–Kier alpha value is -3.66. The van der Waals surface area contributed by atoms with Crippen molar-refractivity contribution in [3.05, 3.63) is 71.8 Å². The molecule has 2 aliphatic rings. The number of hydrogen-bond acceptors (Lipinski definition) is 5. The van der Waals surface area contributed by atoms with Crippen molar-refractivity contribution in [3.8, 4) is 0 Å². The molecule has 2 N–H and O–H groups in total. The Bertz CT molecular complexity index is 1330. The summed E-state index contributed by atoms with van der Waals surface area (Å²) in [6.07, 6.45) is -0.557. The number of aromatic nitrogens is 1. The van der Waals surface area contributed by atoms with Gasteiger partial charge in [-0.05, 0) is 62.1 Å². The summed E-state index contributed by atoms with van der Waals surface area (Å²) in [5.74, 6) is -0.0575. The Kier molecular flexibility index (Phi) is 8.02. The number of halogens is 3. The molecule has 0 radical (unpaired) electrons. The number of rotatable bonds is 6. The predicted molar refractivity (Wildman–Crippen MR) is 143 cm³/mol. The van der Waals surface area contributed by atoms with Crippen molar-refractivity contribution >= 4 is 28.5 Å². The predicted octanol–water partition coefficient (Wildman–Crippen LogP) is 4.23. The lowest BCUT2D eigenvalue weighted by Crippen LogP contribution is -2.44. The zero-order valence-electron chi connectivity index (χ0n) is 21.6. The summed E-state index contributed by atoms with van der Waals surface area (Å²) in [6, 6.07) is 16.9. The fourth-order valence-electron chi connectivity index (χ4n) is 5.52. The smallest absolute Gasteiger partial charge is 0.357 e. The maximum absolute atomic E-state index is 12.9. The van der Waals surface area contributed by atoms with Gasteiger partial charge in [-0.15, -0.1) is 0 Å². The molecule has 2 aromatic carbocycles. The molecule has 3 heterocycles. The van der Waals surface area contributed by atoms with Crippen molar-refractivity contribution in [1.82, 2.24) is 20.5 Å². The Morgan fingerprint density at radius 1 is 0.949 bits per heavy atom. The average Bonchev–Trinajstić information content (AvgIpc) is 3.25. The van der Waals surface area contributed by atoms with Gasteiger partial charge in [-0.1, -0.05) is 24.3 Å². The van der Waals surface area contributed by atoms with Crippen LogP contribution in [0.25, 0.3) is 10.9 Å². The maximum Gasteiger partial charge on any atom is 0.416 e. The van der Waals surface area contributed by atoms with E-state index in [1.165, 1.54) is 12.1 Å². The van der Waals surface area contributed by atoms with Crippen molar-refractivity contribution < 1.29 is 22.8 Å². The topological polar surface area (TPSA) is 77.6 Å². The second-order valence-electron chi connectivity index (χ2n) is 10.2. The molecule has 7 nitrogen and oxygen atoms in total. The highest BCUT2D eigenvalue weighted by atomic mass is 19.4. The van der Waals surface area contributed by atoms with E-state index in [1.807, 2.05) is 18.2 Å². The number of hydrogen-bond donors (Lipinski definition) is 2. The zero-order valence-corrected chi connectivity index (χ0v) is 21.6. The van der Waals surface area contributed by atoms with Crippen molar-refractivity contribution in [2.75, 3.05) is 37.6 Å². The van der Waals surface area contributed by atoms with Crippen LogP contribution in [0.2, 0.25) is 0 Å². The Morgan fingerprint density at radius 2 is 1.79 bits per heavy atom. The average molecular weight is 540 g/mol. The van der Waals surface area contributed by atoms with Crippen LogP contribution in [0.4, 0.5) is 19.0 Å². The van der Waals surface area contributed by atoms with Gasteiger partial charge in [-0.25, -0.2) is 4.98 Å². The molecule has 206 valence electrons. The summed E-state index contributed by atoms with van der Waals surface area (Å²) in [5.41, 5.74) is -0.0355. The third kappa shape index (κ3) is 6.68. The molecule has 39 heavy (non-hydrogen) atoms. The number of carbonyl (C=O) groups excluding carboxylic acids is 2. The van der Waals surface area contributed by atoms with Crippen molar-refractivity contribution in [2.24, 2.45) is 0 Å². The van der Waals surface area contributed by atoms with E-state index < -0.39 is 17.6 Å². The highest BCUT2D eigenvalue weighted by molar-refractivity contribution is 5.96. The van der Waals surface area contributed by atoms with Gasteiger partial charge in [0.05, 0.1) is 17.6 Å². The fourth-order valence-corrected chi connectivity index (χ4v) is 5.52. The van der Waals surface area contributed by atoms with E-state index in [0.29, 0.717) is 6.04 Å². The van der Waals surface area contributed by atoms with Gasteiger partial charge in [0.2, 0.25) is 5.91 Å². The quantitative estimate of drug-likeness (QED) is 0.490. The van der Waals surface area contributed by atoms with E-state index in [0.717, 1.165) is 80.7 Å². The number of likely N-dealkylation sites (tertiary alicyclic amines) is 1. The van der Waals surface area contributed by atoms with Gasteiger partial charge in [0, 0.05) is 49.2 Å². The van der Waals surface area contributed by atoms with Crippen LogP contribution in [0.5, 0.6) is 0 Å². The van der Waals surface area contributed by atoms with Gasteiger partial charge in [-0.2, -0.15) is 13.2 Å². The maximum atomic E-state index is 12.9. The molecular formula is C29H32F3N5O2. The van der Waals surface area contributed by atoms with Crippen LogP contribution in [-0.2, 0) is 11.0 Å². The molecule has 10 heteroatoms. The minimum Gasteiger partial charge on any atom is -0.357 e. The van der Waals surface area contributed by atoms with Gasteiger partial charge in [-0.3, -0.25) is 14.5 Å². The Balaban J connectivity index is 1.08. The van der Waals surface area contributed by atoms with Crippen molar-refractivity contribution in [3.63, 3.8) is 0 Å². The Morgan fingerprint density at radius 3 is 2.64 bits per heavy atom. The molecule has 2 fully saturated rings.